The molecule has 0 unspecified atom stereocenters. The van der Waals surface area contributed by atoms with Crippen LogP contribution in [0.5, 0.6) is 0 Å². The molecular formula is C60H64BNS. The Bertz CT molecular complexity index is 3150. The normalized spacial score (nSPS) is 21.0. The highest BCUT2D eigenvalue weighted by Crippen LogP contribution is 2.54. The van der Waals surface area contributed by atoms with Crippen LogP contribution >= 0.6 is 11.3 Å². The Morgan fingerprint density at radius 1 is 0.429 bits per heavy atom. The van der Waals surface area contributed by atoms with Crippen LogP contribution in [0.3, 0.4) is 0 Å². The van der Waals surface area contributed by atoms with Crippen molar-refractivity contribution in [2.75, 3.05) is 4.90 Å². The Hall–Kier alpha value is -4.60. The molecule has 0 fully saturated rings. The lowest BCUT2D eigenvalue weighted by molar-refractivity contribution is 0.332. The van der Waals surface area contributed by atoms with Crippen LogP contribution in [0, 0.1) is 0 Å². The third kappa shape index (κ3) is 5.54. The molecule has 2 aliphatic heterocycles. The number of benzene rings is 6. The molecule has 0 saturated heterocycles. The second-order valence-corrected chi connectivity index (χ2v) is 25.6. The maximum absolute atomic E-state index is 2.75. The summed E-state index contributed by atoms with van der Waals surface area (Å²) < 4.78 is 2.71. The molecule has 1 aromatic heterocycles. The smallest absolute Gasteiger partial charge is 0.248 e. The Labute approximate surface area is 381 Å². The molecule has 7 aromatic rings. The van der Waals surface area contributed by atoms with Crippen LogP contribution < -0.4 is 21.3 Å². The van der Waals surface area contributed by atoms with E-state index in [1.54, 1.807) is 16.7 Å². The van der Waals surface area contributed by atoms with Crippen LogP contribution in [0.4, 0.5) is 17.1 Å². The number of rotatable bonds is 2. The minimum absolute atomic E-state index is 0.0820. The van der Waals surface area contributed by atoms with E-state index in [1.165, 1.54) is 131 Å². The second kappa shape index (κ2) is 12.6. The van der Waals surface area contributed by atoms with Gasteiger partial charge in [-0.15, -0.1) is 11.3 Å². The first-order valence-corrected chi connectivity index (χ1v) is 24.9. The molecule has 63 heavy (non-hydrogen) atoms. The predicted octanol–water partition coefficient (Wildman–Crippen LogP) is 15.0. The Balaban J connectivity index is 1.23. The molecule has 1 nitrogen and oxygen atoms in total. The minimum atomic E-state index is 0.0820. The quantitative estimate of drug-likeness (QED) is 0.157. The summed E-state index contributed by atoms with van der Waals surface area (Å²) in [4.78, 5) is 2.75. The lowest BCUT2D eigenvalue weighted by atomic mass is 9.36. The number of hydrogen-bond donors (Lipinski definition) is 0. The van der Waals surface area contributed by atoms with E-state index in [-0.39, 0.29) is 39.2 Å². The van der Waals surface area contributed by atoms with E-state index in [1.807, 2.05) is 11.3 Å². The zero-order valence-electron chi connectivity index (χ0n) is 39.9. The van der Waals surface area contributed by atoms with Crippen molar-refractivity contribution >= 4 is 71.7 Å². The van der Waals surface area contributed by atoms with Gasteiger partial charge >= 0.3 is 0 Å². The van der Waals surface area contributed by atoms with Gasteiger partial charge in [0.1, 0.15) is 0 Å². The highest BCUT2D eigenvalue weighted by molar-refractivity contribution is 7.26. The monoisotopic (exact) mass is 841 g/mol. The fourth-order valence-corrected chi connectivity index (χ4v) is 14.4. The third-order valence-electron chi connectivity index (χ3n) is 17.7. The van der Waals surface area contributed by atoms with Gasteiger partial charge in [-0.2, -0.15) is 0 Å². The molecule has 3 heterocycles. The summed E-state index contributed by atoms with van der Waals surface area (Å²) in [7, 11) is 0. The first-order chi connectivity index (χ1) is 29.7. The first-order valence-electron chi connectivity index (χ1n) is 24.1. The van der Waals surface area contributed by atoms with Crippen molar-refractivity contribution in [1.29, 1.82) is 0 Å². The minimum Gasteiger partial charge on any atom is -0.311 e. The van der Waals surface area contributed by atoms with Crippen molar-refractivity contribution in [3.8, 4) is 22.3 Å². The molecule has 0 N–H and O–H groups in total. The summed E-state index contributed by atoms with van der Waals surface area (Å²) in [6.07, 6.45) is 7.23. The summed E-state index contributed by atoms with van der Waals surface area (Å²) in [6, 6.07) is 39.7. The highest BCUT2D eigenvalue weighted by Gasteiger charge is 2.49. The van der Waals surface area contributed by atoms with Crippen LogP contribution in [0.1, 0.15) is 155 Å². The zero-order chi connectivity index (χ0) is 44.0. The van der Waals surface area contributed by atoms with E-state index in [4.69, 9.17) is 0 Å². The second-order valence-electron chi connectivity index (χ2n) is 24.5. The Kier molecular flexibility index (Phi) is 7.99. The number of hydrogen-bond acceptors (Lipinski definition) is 2. The van der Waals surface area contributed by atoms with Crippen LogP contribution in [0.2, 0.25) is 0 Å². The number of nitrogens with zero attached hydrogens (tertiary/aromatic N) is 1. The summed E-state index contributed by atoms with van der Waals surface area (Å²) >= 11 is 1.92. The van der Waals surface area contributed by atoms with Crippen molar-refractivity contribution in [1.82, 2.24) is 0 Å². The van der Waals surface area contributed by atoms with E-state index >= 15 is 0 Å². The Morgan fingerprint density at radius 3 is 1.62 bits per heavy atom. The largest absolute Gasteiger partial charge is 0.311 e. The molecule has 5 aliphatic rings. The third-order valence-corrected chi connectivity index (χ3v) is 18.8. The van der Waals surface area contributed by atoms with Gasteiger partial charge in [0.05, 0.1) is 0 Å². The van der Waals surface area contributed by atoms with Crippen LogP contribution in [-0.2, 0) is 32.5 Å². The van der Waals surface area contributed by atoms with E-state index in [2.05, 4.69) is 185 Å². The van der Waals surface area contributed by atoms with Crippen molar-refractivity contribution in [2.24, 2.45) is 0 Å². The van der Waals surface area contributed by atoms with Crippen molar-refractivity contribution in [3.63, 3.8) is 0 Å². The van der Waals surface area contributed by atoms with Gasteiger partial charge in [0.2, 0.25) is 6.71 Å². The molecule has 3 heteroatoms. The Morgan fingerprint density at radius 2 is 0.968 bits per heavy atom. The standard InChI is InChI=1S/C60H64BNS/c1-55(2)22-23-56(3,4)42-30-36(20-21-41(42)55)62-49-34-46-45(59(9,10)26-27-60(46,11)12)33-48(49)61-47-32-44-43(57(5,6)24-25-58(44,7)8)31-39(47)40-28-35(29-50(62)54(40)61)37-17-15-19-52-53(37)38-16-13-14-18-51(38)63-52/h13-21,28-34H,22-27H2,1-12H3. The summed E-state index contributed by atoms with van der Waals surface area (Å²) in [5.74, 6) is 0. The fourth-order valence-electron chi connectivity index (χ4n) is 13.3. The highest BCUT2D eigenvalue weighted by atomic mass is 32.1. The van der Waals surface area contributed by atoms with Gasteiger partial charge in [0.25, 0.3) is 0 Å². The number of fused-ring (bicyclic) bond motifs is 11. The molecule has 6 aromatic carbocycles. The maximum Gasteiger partial charge on any atom is 0.248 e. The van der Waals surface area contributed by atoms with Gasteiger partial charge in [-0.3, -0.25) is 0 Å². The van der Waals surface area contributed by atoms with Gasteiger partial charge < -0.3 is 4.90 Å². The number of anilines is 3. The van der Waals surface area contributed by atoms with Gasteiger partial charge in [-0.05, 0) is 180 Å². The van der Waals surface area contributed by atoms with Crippen LogP contribution in [-0.4, -0.2) is 6.71 Å². The molecule has 3 aliphatic carbocycles. The predicted molar refractivity (Wildman–Crippen MR) is 275 cm³/mol. The van der Waals surface area contributed by atoms with E-state index in [9.17, 15) is 0 Å². The average Bonchev–Trinajstić information content (AvgIpc) is 3.79. The van der Waals surface area contributed by atoms with Crippen molar-refractivity contribution in [2.45, 2.75) is 154 Å². The average molecular weight is 842 g/mol. The maximum atomic E-state index is 2.75. The summed E-state index contributed by atoms with van der Waals surface area (Å²) in [6.45, 7) is 30.1. The van der Waals surface area contributed by atoms with Crippen LogP contribution in [0.15, 0.2) is 97.1 Å². The van der Waals surface area contributed by atoms with Gasteiger partial charge in [-0.1, -0.05) is 143 Å². The molecule has 0 bridgehead atoms. The van der Waals surface area contributed by atoms with Gasteiger partial charge in [0, 0.05) is 37.2 Å². The molecule has 0 spiro atoms. The van der Waals surface area contributed by atoms with Gasteiger partial charge in [-0.25, -0.2) is 0 Å². The summed E-state index contributed by atoms with van der Waals surface area (Å²) in [5.41, 5.74) is 23.9. The molecule has 0 amide bonds. The topological polar surface area (TPSA) is 3.24 Å². The van der Waals surface area contributed by atoms with Gasteiger partial charge in [0.15, 0.2) is 0 Å². The number of thiophene rings is 1. The van der Waals surface area contributed by atoms with Crippen molar-refractivity contribution < 1.29 is 0 Å². The molecule has 12 rings (SSSR count). The molecule has 0 saturated carbocycles. The fraction of sp³-hybridized carbons (Fsp3) is 0.400. The molecule has 318 valence electrons. The lowest BCUT2D eigenvalue weighted by Crippen LogP contribution is -2.56. The zero-order valence-corrected chi connectivity index (χ0v) is 40.7. The van der Waals surface area contributed by atoms with E-state index in [0.717, 1.165) is 0 Å². The first kappa shape index (κ1) is 40.0. The molecule has 0 atom stereocenters. The SMILES string of the molecule is CC1(C)CCC(C)(C)c2cc(N3c4cc5c(cc4B4c6cc7c(cc6-c6cc(-c8cccc9sc%10ccccc%10c89)cc3c64)C(C)(C)CCC7(C)C)C(C)(C)CCC5(C)C)ccc21. The molecule has 0 radical (unpaired) electrons. The van der Waals surface area contributed by atoms with Crippen molar-refractivity contribution in [3.05, 3.63) is 130 Å². The lowest BCUT2D eigenvalue weighted by Gasteiger charge is -2.46. The van der Waals surface area contributed by atoms with E-state index in [0.29, 0.717) is 0 Å². The summed E-state index contributed by atoms with van der Waals surface area (Å²) in [5, 5.41) is 2.74. The molecular weight excluding hydrogens is 778 g/mol. The van der Waals surface area contributed by atoms with Crippen LogP contribution in [0.25, 0.3) is 42.4 Å². The van der Waals surface area contributed by atoms with E-state index < -0.39 is 0 Å².